The second kappa shape index (κ2) is 3.47. The molecular weight excluding hydrogens is 258 g/mol. The normalized spacial score (nSPS) is 30.5. The van der Waals surface area contributed by atoms with Crippen molar-refractivity contribution in [3.63, 3.8) is 0 Å². The number of hydrogen-bond acceptors (Lipinski definition) is 2. The molecule has 1 fully saturated rings. The van der Waals surface area contributed by atoms with Crippen molar-refractivity contribution in [1.29, 1.82) is 0 Å². The Morgan fingerprint density at radius 3 is 3.07 bits per heavy atom. The van der Waals surface area contributed by atoms with Crippen molar-refractivity contribution in [1.82, 2.24) is 5.32 Å². The summed E-state index contributed by atoms with van der Waals surface area (Å²) in [5.41, 5.74) is 1.54. The SMILES string of the molecule is Brc1ccsc1C1=CC2CCC(C1)N2. The summed E-state index contributed by atoms with van der Waals surface area (Å²) in [5, 5.41) is 5.77. The Morgan fingerprint density at radius 1 is 1.43 bits per heavy atom. The molecule has 1 aromatic rings. The van der Waals surface area contributed by atoms with E-state index in [0.717, 1.165) is 6.04 Å². The smallest absolute Gasteiger partial charge is 0.0442 e. The lowest BCUT2D eigenvalue weighted by Crippen LogP contribution is -2.31. The van der Waals surface area contributed by atoms with Crippen LogP contribution >= 0.6 is 27.3 Å². The molecular formula is C11H12BrNS. The number of hydrogen-bond donors (Lipinski definition) is 1. The Morgan fingerprint density at radius 2 is 2.36 bits per heavy atom. The summed E-state index contributed by atoms with van der Waals surface area (Å²) in [6, 6.07) is 3.51. The molecule has 2 aliphatic heterocycles. The molecule has 14 heavy (non-hydrogen) atoms. The standard InChI is InChI=1S/C11H12BrNS/c12-10-3-4-14-11(10)7-5-8-1-2-9(6-7)13-8/h3-5,8-9,13H,1-2,6H2. The maximum absolute atomic E-state index is 3.61. The van der Waals surface area contributed by atoms with Gasteiger partial charge in [-0.3, -0.25) is 0 Å². The van der Waals surface area contributed by atoms with Crippen molar-refractivity contribution >= 4 is 32.8 Å². The molecule has 74 valence electrons. The Kier molecular flexibility index (Phi) is 2.26. The quantitative estimate of drug-likeness (QED) is 0.824. The minimum absolute atomic E-state index is 0.637. The molecule has 0 aromatic carbocycles. The molecule has 3 rings (SSSR count). The number of fused-ring (bicyclic) bond motifs is 2. The highest BCUT2D eigenvalue weighted by Crippen LogP contribution is 2.37. The lowest BCUT2D eigenvalue weighted by molar-refractivity contribution is 0.575. The van der Waals surface area contributed by atoms with E-state index >= 15 is 0 Å². The first-order valence-corrected chi connectivity index (χ1v) is 6.70. The van der Waals surface area contributed by atoms with Crippen LogP contribution in [0.2, 0.25) is 0 Å². The summed E-state index contributed by atoms with van der Waals surface area (Å²) < 4.78 is 1.26. The lowest BCUT2D eigenvalue weighted by atomic mass is 10.0. The fourth-order valence-electron chi connectivity index (χ4n) is 2.41. The van der Waals surface area contributed by atoms with E-state index in [2.05, 4.69) is 38.8 Å². The van der Waals surface area contributed by atoms with Crippen LogP contribution in [0.4, 0.5) is 0 Å². The van der Waals surface area contributed by atoms with Crippen LogP contribution in [0.15, 0.2) is 22.0 Å². The van der Waals surface area contributed by atoms with Gasteiger partial charge in [0.25, 0.3) is 0 Å². The van der Waals surface area contributed by atoms with E-state index in [1.165, 1.54) is 34.2 Å². The van der Waals surface area contributed by atoms with Gasteiger partial charge in [-0.2, -0.15) is 0 Å². The Hall–Kier alpha value is -0.120. The minimum Gasteiger partial charge on any atom is -0.307 e. The first-order valence-electron chi connectivity index (χ1n) is 5.03. The molecule has 1 saturated heterocycles. The van der Waals surface area contributed by atoms with Crippen molar-refractivity contribution < 1.29 is 0 Å². The second-order valence-corrected chi connectivity index (χ2v) is 5.81. The lowest BCUT2D eigenvalue weighted by Gasteiger charge is -2.20. The first-order chi connectivity index (χ1) is 6.83. The average Bonchev–Trinajstić information content (AvgIpc) is 2.73. The molecule has 3 heterocycles. The molecule has 3 heteroatoms. The van der Waals surface area contributed by atoms with Gasteiger partial charge in [-0.15, -0.1) is 11.3 Å². The maximum Gasteiger partial charge on any atom is 0.0442 e. The second-order valence-electron chi connectivity index (χ2n) is 4.04. The van der Waals surface area contributed by atoms with Crippen molar-refractivity contribution in [3.05, 3.63) is 26.9 Å². The average molecular weight is 270 g/mol. The molecule has 0 radical (unpaired) electrons. The summed E-state index contributed by atoms with van der Waals surface area (Å²) in [4.78, 5) is 1.43. The zero-order valence-electron chi connectivity index (χ0n) is 7.79. The molecule has 2 unspecified atom stereocenters. The van der Waals surface area contributed by atoms with Crippen LogP contribution in [0, 0.1) is 0 Å². The molecule has 2 atom stereocenters. The van der Waals surface area contributed by atoms with E-state index in [0.29, 0.717) is 6.04 Å². The van der Waals surface area contributed by atoms with Gasteiger partial charge in [-0.25, -0.2) is 0 Å². The van der Waals surface area contributed by atoms with Crippen LogP contribution in [0.3, 0.4) is 0 Å². The summed E-state index contributed by atoms with van der Waals surface area (Å²) >= 11 is 5.46. The Balaban J connectivity index is 1.96. The van der Waals surface area contributed by atoms with E-state index < -0.39 is 0 Å². The van der Waals surface area contributed by atoms with E-state index in [-0.39, 0.29) is 0 Å². The van der Waals surface area contributed by atoms with Crippen molar-refractivity contribution in [3.8, 4) is 0 Å². The van der Waals surface area contributed by atoms with Gasteiger partial charge in [-0.05, 0) is 52.2 Å². The fraction of sp³-hybridized carbons (Fsp3) is 0.455. The Bertz CT molecular complexity index is 382. The number of nitrogens with one attached hydrogen (secondary N) is 1. The monoisotopic (exact) mass is 269 g/mol. The third kappa shape index (κ3) is 1.47. The van der Waals surface area contributed by atoms with Crippen LogP contribution in [0.5, 0.6) is 0 Å². The third-order valence-corrected chi connectivity index (χ3v) is 4.97. The van der Waals surface area contributed by atoms with Gasteiger partial charge in [-0.1, -0.05) is 6.08 Å². The van der Waals surface area contributed by atoms with Gasteiger partial charge in [0.15, 0.2) is 0 Å². The highest BCUT2D eigenvalue weighted by Gasteiger charge is 2.28. The number of rotatable bonds is 1. The first kappa shape index (κ1) is 9.13. The highest BCUT2D eigenvalue weighted by atomic mass is 79.9. The number of thiophene rings is 1. The van der Waals surface area contributed by atoms with E-state index in [1.54, 1.807) is 0 Å². The van der Waals surface area contributed by atoms with Crippen LogP contribution in [0.25, 0.3) is 5.57 Å². The van der Waals surface area contributed by atoms with Crippen LogP contribution in [-0.2, 0) is 0 Å². The minimum atomic E-state index is 0.637. The molecule has 0 spiro atoms. The number of halogens is 1. The van der Waals surface area contributed by atoms with Crippen LogP contribution in [-0.4, -0.2) is 12.1 Å². The zero-order chi connectivity index (χ0) is 9.54. The summed E-state index contributed by atoms with van der Waals surface area (Å²) in [6.07, 6.45) is 6.28. The molecule has 1 nitrogen and oxygen atoms in total. The fourth-order valence-corrected chi connectivity index (χ4v) is 4.08. The van der Waals surface area contributed by atoms with Crippen LogP contribution < -0.4 is 5.32 Å². The predicted octanol–water partition coefficient (Wildman–Crippen LogP) is 3.42. The zero-order valence-corrected chi connectivity index (χ0v) is 10.2. The van der Waals surface area contributed by atoms with Gasteiger partial charge in [0, 0.05) is 21.4 Å². The third-order valence-electron chi connectivity index (χ3n) is 3.05. The molecule has 1 N–H and O–H groups in total. The maximum atomic E-state index is 3.61. The van der Waals surface area contributed by atoms with Crippen molar-refractivity contribution in [2.45, 2.75) is 31.3 Å². The highest BCUT2D eigenvalue weighted by molar-refractivity contribution is 9.10. The topological polar surface area (TPSA) is 12.0 Å². The van der Waals surface area contributed by atoms with Gasteiger partial charge in [0.1, 0.15) is 0 Å². The molecule has 0 amide bonds. The predicted molar refractivity (Wildman–Crippen MR) is 64.6 cm³/mol. The molecule has 0 aliphatic carbocycles. The van der Waals surface area contributed by atoms with E-state index in [9.17, 15) is 0 Å². The van der Waals surface area contributed by atoms with Gasteiger partial charge < -0.3 is 5.32 Å². The van der Waals surface area contributed by atoms with Gasteiger partial charge in [0.05, 0.1) is 0 Å². The van der Waals surface area contributed by atoms with Gasteiger partial charge in [0.2, 0.25) is 0 Å². The largest absolute Gasteiger partial charge is 0.307 e. The molecule has 1 aromatic heterocycles. The summed E-state index contributed by atoms with van der Waals surface area (Å²) in [7, 11) is 0. The summed E-state index contributed by atoms with van der Waals surface area (Å²) in [5.74, 6) is 0. The van der Waals surface area contributed by atoms with E-state index in [4.69, 9.17) is 0 Å². The molecule has 0 saturated carbocycles. The molecule has 2 aliphatic rings. The van der Waals surface area contributed by atoms with E-state index in [1.807, 2.05) is 11.3 Å². The van der Waals surface area contributed by atoms with Crippen molar-refractivity contribution in [2.75, 3.05) is 0 Å². The van der Waals surface area contributed by atoms with Gasteiger partial charge >= 0.3 is 0 Å². The summed E-state index contributed by atoms with van der Waals surface area (Å²) in [6.45, 7) is 0. The molecule has 2 bridgehead atoms. The van der Waals surface area contributed by atoms with Crippen LogP contribution in [0.1, 0.15) is 24.1 Å². The Labute approximate surface area is 96.3 Å². The van der Waals surface area contributed by atoms with Crippen molar-refractivity contribution in [2.24, 2.45) is 0 Å².